The number of aliphatic hydroxyl groups is 1. The highest BCUT2D eigenvalue weighted by atomic mass is 16.3. The number of hydrogen-bond acceptors (Lipinski definition) is 3. The van der Waals surface area contributed by atoms with Gasteiger partial charge in [-0.1, -0.05) is 13.8 Å². The van der Waals surface area contributed by atoms with E-state index in [1.807, 2.05) is 13.8 Å². The Kier molecular flexibility index (Phi) is 3.52. The monoisotopic (exact) mass is 210 g/mol. The number of hydrogen-bond donors (Lipinski definition) is 2. The maximum Gasteiger partial charge on any atom is 0.251 e. The zero-order valence-electron chi connectivity index (χ0n) is 9.40. The average Bonchev–Trinajstić information content (AvgIpc) is 2.13. The number of nitrogens with zero attached hydrogens (tertiary/aromatic N) is 1. The molecule has 0 amide bonds. The zero-order chi connectivity index (χ0) is 11.6. The number of aryl methyl sites for hydroxylation is 1. The van der Waals surface area contributed by atoms with Gasteiger partial charge in [-0.3, -0.25) is 4.79 Å². The van der Waals surface area contributed by atoms with Gasteiger partial charge >= 0.3 is 0 Å². The van der Waals surface area contributed by atoms with Crippen LogP contribution in [0.1, 0.15) is 19.4 Å². The van der Waals surface area contributed by atoms with Crippen molar-refractivity contribution in [1.82, 2.24) is 4.57 Å². The van der Waals surface area contributed by atoms with E-state index in [-0.39, 0.29) is 11.5 Å². The molecule has 0 aliphatic rings. The van der Waals surface area contributed by atoms with Crippen LogP contribution in [0.15, 0.2) is 17.1 Å². The minimum Gasteiger partial charge on any atom is -0.397 e. The van der Waals surface area contributed by atoms with Crippen LogP contribution in [0.5, 0.6) is 0 Å². The van der Waals surface area contributed by atoms with Crippen LogP contribution in [0.25, 0.3) is 0 Å². The van der Waals surface area contributed by atoms with Crippen LogP contribution < -0.4 is 11.3 Å². The van der Waals surface area contributed by atoms with Gasteiger partial charge in [-0.15, -0.1) is 0 Å². The first-order valence-corrected chi connectivity index (χ1v) is 5.06. The fourth-order valence-electron chi connectivity index (χ4n) is 1.24. The van der Waals surface area contributed by atoms with Crippen molar-refractivity contribution >= 4 is 5.69 Å². The first kappa shape index (κ1) is 11.8. The summed E-state index contributed by atoms with van der Waals surface area (Å²) in [5.74, 6) is 0.124. The Hall–Kier alpha value is -1.29. The molecule has 84 valence electrons. The van der Waals surface area contributed by atoms with Crippen LogP contribution in [-0.2, 0) is 6.54 Å². The third-order valence-corrected chi connectivity index (χ3v) is 2.53. The first-order chi connectivity index (χ1) is 6.91. The molecule has 3 N–H and O–H groups in total. The van der Waals surface area contributed by atoms with Crippen LogP contribution >= 0.6 is 0 Å². The maximum atomic E-state index is 11.5. The summed E-state index contributed by atoms with van der Waals surface area (Å²) in [4.78, 5) is 11.5. The minimum atomic E-state index is -0.523. The predicted molar refractivity (Wildman–Crippen MR) is 60.7 cm³/mol. The molecule has 1 heterocycles. The molecule has 1 atom stereocenters. The number of aliphatic hydroxyl groups excluding tert-OH is 1. The molecule has 0 aliphatic carbocycles. The van der Waals surface area contributed by atoms with Crippen molar-refractivity contribution in [2.45, 2.75) is 33.4 Å². The molecule has 1 unspecified atom stereocenters. The molecular weight excluding hydrogens is 192 g/mol. The first-order valence-electron chi connectivity index (χ1n) is 5.06. The zero-order valence-corrected chi connectivity index (χ0v) is 9.40. The van der Waals surface area contributed by atoms with Gasteiger partial charge in [0.05, 0.1) is 18.3 Å². The van der Waals surface area contributed by atoms with Crippen molar-refractivity contribution in [2.75, 3.05) is 5.73 Å². The molecular formula is C11H18N2O2. The Morgan fingerprint density at radius 2 is 2.13 bits per heavy atom. The average molecular weight is 210 g/mol. The van der Waals surface area contributed by atoms with Gasteiger partial charge in [-0.2, -0.15) is 0 Å². The van der Waals surface area contributed by atoms with E-state index in [1.165, 1.54) is 10.6 Å². The number of rotatable bonds is 3. The second-order valence-corrected chi connectivity index (χ2v) is 4.21. The number of pyridine rings is 1. The highest BCUT2D eigenvalue weighted by molar-refractivity contribution is 5.42. The summed E-state index contributed by atoms with van der Waals surface area (Å²) in [7, 11) is 0. The highest BCUT2D eigenvalue weighted by Crippen LogP contribution is 2.08. The van der Waals surface area contributed by atoms with Crippen LogP contribution in [0.3, 0.4) is 0 Å². The fourth-order valence-corrected chi connectivity index (χ4v) is 1.24. The largest absolute Gasteiger partial charge is 0.397 e. The standard InChI is InChI=1S/C11H18N2O2/c1-7(2)10(14)6-13-5-9(12)8(3)4-11(13)15/h4-5,7,10,14H,6,12H2,1-3H3. The Morgan fingerprint density at radius 1 is 1.53 bits per heavy atom. The molecule has 4 nitrogen and oxygen atoms in total. The van der Waals surface area contributed by atoms with E-state index in [4.69, 9.17) is 5.73 Å². The lowest BCUT2D eigenvalue weighted by atomic mass is 10.1. The lowest BCUT2D eigenvalue weighted by Crippen LogP contribution is -2.29. The third kappa shape index (κ3) is 2.83. The van der Waals surface area contributed by atoms with Gasteiger partial charge in [0.1, 0.15) is 0 Å². The van der Waals surface area contributed by atoms with Gasteiger partial charge in [0.15, 0.2) is 0 Å². The topological polar surface area (TPSA) is 68.2 Å². The number of anilines is 1. The molecule has 1 rings (SSSR count). The van der Waals surface area contributed by atoms with E-state index in [1.54, 1.807) is 13.1 Å². The Balaban J connectivity index is 2.96. The van der Waals surface area contributed by atoms with Gasteiger partial charge in [-0.25, -0.2) is 0 Å². The van der Waals surface area contributed by atoms with E-state index < -0.39 is 6.10 Å². The van der Waals surface area contributed by atoms with Crippen LogP contribution in [-0.4, -0.2) is 15.8 Å². The van der Waals surface area contributed by atoms with Crippen molar-refractivity contribution in [3.63, 3.8) is 0 Å². The molecule has 15 heavy (non-hydrogen) atoms. The Morgan fingerprint density at radius 3 is 2.67 bits per heavy atom. The van der Waals surface area contributed by atoms with Crippen molar-refractivity contribution in [1.29, 1.82) is 0 Å². The summed E-state index contributed by atoms with van der Waals surface area (Å²) in [6, 6.07) is 1.49. The van der Waals surface area contributed by atoms with Crippen molar-refractivity contribution < 1.29 is 5.11 Å². The summed E-state index contributed by atoms with van der Waals surface area (Å²) < 4.78 is 1.45. The molecule has 4 heteroatoms. The molecule has 0 aliphatic heterocycles. The van der Waals surface area contributed by atoms with E-state index >= 15 is 0 Å². The summed E-state index contributed by atoms with van der Waals surface area (Å²) in [5, 5.41) is 9.66. The molecule has 1 aromatic heterocycles. The van der Waals surface area contributed by atoms with E-state index in [0.29, 0.717) is 12.2 Å². The second kappa shape index (κ2) is 4.49. The molecule has 0 saturated carbocycles. The summed E-state index contributed by atoms with van der Waals surface area (Å²) >= 11 is 0. The van der Waals surface area contributed by atoms with Crippen molar-refractivity contribution in [2.24, 2.45) is 5.92 Å². The number of nitrogens with two attached hydrogens (primary N) is 1. The van der Waals surface area contributed by atoms with Crippen molar-refractivity contribution in [3.05, 3.63) is 28.2 Å². The van der Waals surface area contributed by atoms with Gasteiger partial charge in [0.2, 0.25) is 0 Å². The second-order valence-electron chi connectivity index (χ2n) is 4.21. The van der Waals surface area contributed by atoms with E-state index in [2.05, 4.69) is 0 Å². The SMILES string of the molecule is Cc1cc(=O)n(CC(O)C(C)C)cc1N. The van der Waals surface area contributed by atoms with Crippen LogP contribution in [0.2, 0.25) is 0 Å². The van der Waals surface area contributed by atoms with Gasteiger partial charge in [-0.05, 0) is 18.4 Å². The van der Waals surface area contributed by atoms with Crippen LogP contribution in [0, 0.1) is 12.8 Å². The maximum absolute atomic E-state index is 11.5. The minimum absolute atomic E-state index is 0.124. The summed E-state index contributed by atoms with van der Waals surface area (Å²) in [6.07, 6.45) is 1.06. The normalized spacial score (nSPS) is 13.1. The smallest absolute Gasteiger partial charge is 0.251 e. The predicted octanol–water partition coefficient (Wildman–Crippen LogP) is 0.756. The van der Waals surface area contributed by atoms with Gasteiger partial charge < -0.3 is 15.4 Å². The fraction of sp³-hybridized carbons (Fsp3) is 0.545. The van der Waals surface area contributed by atoms with Crippen molar-refractivity contribution in [3.8, 4) is 0 Å². The Bertz CT molecular complexity index is 396. The quantitative estimate of drug-likeness (QED) is 0.773. The molecule has 0 spiro atoms. The molecule has 0 bridgehead atoms. The number of aromatic nitrogens is 1. The summed E-state index contributed by atoms with van der Waals surface area (Å²) in [5.41, 5.74) is 6.92. The van der Waals surface area contributed by atoms with Gasteiger partial charge in [0.25, 0.3) is 5.56 Å². The lowest BCUT2D eigenvalue weighted by Gasteiger charge is -2.16. The molecule has 0 saturated heterocycles. The Labute approximate surface area is 89.3 Å². The lowest BCUT2D eigenvalue weighted by molar-refractivity contribution is 0.106. The molecule has 0 radical (unpaired) electrons. The summed E-state index contributed by atoms with van der Waals surface area (Å²) in [6.45, 7) is 5.90. The number of nitrogen functional groups attached to an aromatic ring is 1. The highest BCUT2D eigenvalue weighted by Gasteiger charge is 2.11. The van der Waals surface area contributed by atoms with Gasteiger partial charge in [0, 0.05) is 12.3 Å². The molecule has 1 aromatic rings. The third-order valence-electron chi connectivity index (χ3n) is 2.53. The molecule has 0 aromatic carbocycles. The van der Waals surface area contributed by atoms with E-state index in [9.17, 15) is 9.90 Å². The van der Waals surface area contributed by atoms with Crippen LogP contribution in [0.4, 0.5) is 5.69 Å². The van der Waals surface area contributed by atoms with E-state index in [0.717, 1.165) is 5.56 Å². The molecule has 0 fully saturated rings.